The molecule has 90 valence electrons. The van der Waals surface area contributed by atoms with Crippen LogP contribution in [0.5, 0.6) is 0 Å². The van der Waals surface area contributed by atoms with Crippen LogP contribution in [0.3, 0.4) is 0 Å². The van der Waals surface area contributed by atoms with Crippen LogP contribution in [-0.4, -0.2) is 21.0 Å². The molecule has 2 rings (SSSR count). The fourth-order valence-electron chi connectivity index (χ4n) is 1.36. The molecule has 0 saturated carbocycles. The average molecular weight is 259 g/mol. The molecule has 0 atom stereocenters. The maximum absolute atomic E-state index is 12.5. The molecule has 0 radical (unpaired) electrons. The highest BCUT2D eigenvalue weighted by Gasteiger charge is 2.30. The van der Waals surface area contributed by atoms with Crippen LogP contribution in [0.4, 0.5) is 13.2 Å². The van der Waals surface area contributed by atoms with Gasteiger partial charge < -0.3 is 0 Å². The van der Waals surface area contributed by atoms with Crippen molar-refractivity contribution in [1.29, 1.82) is 0 Å². The third-order valence-corrected chi connectivity index (χ3v) is 2.76. The molecule has 1 heterocycles. The van der Waals surface area contributed by atoms with Gasteiger partial charge in [-0.25, -0.2) is 9.67 Å². The largest absolute Gasteiger partial charge is 0.416 e. The van der Waals surface area contributed by atoms with Gasteiger partial charge in [-0.3, -0.25) is 0 Å². The average Bonchev–Trinajstić information content (AvgIpc) is 2.76. The lowest BCUT2D eigenvalue weighted by molar-refractivity contribution is -0.137. The molecule has 0 bridgehead atoms. The summed E-state index contributed by atoms with van der Waals surface area (Å²) in [6, 6.07) is 4.99. The standard InChI is InChI=1S/C10H8F3N3S/c1-17-9-14-6-15-16(9)8-4-2-3-7(5-8)10(11,12)13/h2-6H,1H3. The van der Waals surface area contributed by atoms with Crippen LogP contribution in [-0.2, 0) is 6.18 Å². The summed E-state index contributed by atoms with van der Waals surface area (Å²) >= 11 is 1.32. The Morgan fingerprint density at radius 3 is 2.71 bits per heavy atom. The second-order valence-electron chi connectivity index (χ2n) is 3.21. The van der Waals surface area contributed by atoms with Crippen molar-refractivity contribution in [3.8, 4) is 5.69 Å². The number of thioether (sulfide) groups is 1. The van der Waals surface area contributed by atoms with E-state index in [0.717, 1.165) is 12.1 Å². The van der Waals surface area contributed by atoms with E-state index in [4.69, 9.17) is 0 Å². The van der Waals surface area contributed by atoms with E-state index in [-0.39, 0.29) is 0 Å². The first-order chi connectivity index (χ1) is 8.02. The Kier molecular flexibility index (Phi) is 3.10. The molecular formula is C10H8F3N3S. The number of hydrogen-bond acceptors (Lipinski definition) is 3. The Labute approximate surface area is 99.7 Å². The van der Waals surface area contributed by atoms with Crippen LogP contribution >= 0.6 is 11.8 Å². The monoisotopic (exact) mass is 259 g/mol. The normalized spacial score (nSPS) is 11.8. The number of halogens is 3. The van der Waals surface area contributed by atoms with Crippen LogP contribution in [0.25, 0.3) is 5.69 Å². The maximum atomic E-state index is 12.5. The van der Waals surface area contributed by atoms with Crippen molar-refractivity contribution in [3.05, 3.63) is 36.2 Å². The molecule has 1 aromatic carbocycles. The van der Waals surface area contributed by atoms with E-state index in [9.17, 15) is 13.2 Å². The Morgan fingerprint density at radius 1 is 1.29 bits per heavy atom. The molecule has 1 aromatic heterocycles. The quantitative estimate of drug-likeness (QED) is 0.777. The van der Waals surface area contributed by atoms with Crippen molar-refractivity contribution in [3.63, 3.8) is 0 Å². The van der Waals surface area contributed by atoms with Gasteiger partial charge in [-0.05, 0) is 24.5 Å². The molecule has 3 nitrogen and oxygen atoms in total. The van der Waals surface area contributed by atoms with E-state index in [1.165, 1.54) is 28.8 Å². The highest BCUT2D eigenvalue weighted by molar-refractivity contribution is 7.98. The van der Waals surface area contributed by atoms with E-state index in [0.29, 0.717) is 10.8 Å². The molecule has 0 spiro atoms. The van der Waals surface area contributed by atoms with E-state index in [1.807, 2.05) is 0 Å². The zero-order valence-corrected chi connectivity index (χ0v) is 9.59. The second kappa shape index (κ2) is 4.40. The van der Waals surface area contributed by atoms with Crippen LogP contribution in [0.15, 0.2) is 35.7 Å². The summed E-state index contributed by atoms with van der Waals surface area (Å²) in [6.07, 6.45) is -1.25. The highest BCUT2D eigenvalue weighted by Crippen LogP contribution is 2.30. The second-order valence-corrected chi connectivity index (χ2v) is 3.98. The fourth-order valence-corrected chi connectivity index (χ4v) is 1.84. The molecule has 17 heavy (non-hydrogen) atoms. The minimum absolute atomic E-state index is 0.349. The predicted molar refractivity (Wildman–Crippen MR) is 58.1 cm³/mol. The molecular weight excluding hydrogens is 251 g/mol. The van der Waals surface area contributed by atoms with Gasteiger partial charge in [-0.1, -0.05) is 17.8 Å². The van der Waals surface area contributed by atoms with Crippen LogP contribution in [0.1, 0.15) is 5.56 Å². The lowest BCUT2D eigenvalue weighted by atomic mass is 10.2. The van der Waals surface area contributed by atoms with Crippen molar-refractivity contribution in [1.82, 2.24) is 14.8 Å². The van der Waals surface area contributed by atoms with Gasteiger partial charge >= 0.3 is 6.18 Å². The molecule has 7 heteroatoms. The number of hydrogen-bond donors (Lipinski definition) is 0. The molecule has 0 aliphatic heterocycles. The van der Waals surface area contributed by atoms with E-state index in [1.54, 1.807) is 12.3 Å². The minimum Gasteiger partial charge on any atom is -0.209 e. The zero-order chi connectivity index (χ0) is 12.5. The summed E-state index contributed by atoms with van der Waals surface area (Å²) in [5.74, 6) is 0. The highest BCUT2D eigenvalue weighted by atomic mass is 32.2. The Hall–Kier alpha value is -1.50. The van der Waals surface area contributed by atoms with E-state index >= 15 is 0 Å². The first kappa shape index (κ1) is 12.0. The van der Waals surface area contributed by atoms with Crippen molar-refractivity contribution in [2.45, 2.75) is 11.3 Å². The van der Waals surface area contributed by atoms with Gasteiger partial charge in [0.05, 0.1) is 11.3 Å². The third-order valence-electron chi connectivity index (χ3n) is 2.12. The number of aromatic nitrogens is 3. The summed E-state index contributed by atoms with van der Waals surface area (Å²) in [5, 5.41) is 4.44. The van der Waals surface area contributed by atoms with Crippen molar-refractivity contribution in [2.24, 2.45) is 0 Å². The van der Waals surface area contributed by atoms with Crippen molar-refractivity contribution >= 4 is 11.8 Å². The molecule has 0 N–H and O–H groups in total. The van der Waals surface area contributed by atoms with Crippen molar-refractivity contribution < 1.29 is 13.2 Å². The predicted octanol–water partition coefficient (Wildman–Crippen LogP) is 3.01. The van der Waals surface area contributed by atoms with Gasteiger partial charge in [0.25, 0.3) is 0 Å². The van der Waals surface area contributed by atoms with Gasteiger partial charge in [0.1, 0.15) is 6.33 Å². The third kappa shape index (κ3) is 2.44. The first-order valence-electron chi connectivity index (χ1n) is 4.64. The van der Waals surface area contributed by atoms with Crippen LogP contribution < -0.4 is 0 Å². The minimum atomic E-state index is -4.35. The van der Waals surface area contributed by atoms with Gasteiger partial charge in [-0.2, -0.15) is 18.3 Å². The summed E-state index contributed by atoms with van der Waals surface area (Å²) in [6.45, 7) is 0. The molecule has 0 amide bonds. The van der Waals surface area contributed by atoms with Crippen molar-refractivity contribution in [2.75, 3.05) is 6.26 Å². The number of nitrogens with zero attached hydrogens (tertiary/aromatic N) is 3. The van der Waals surface area contributed by atoms with Gasteiger partial charge in [0, 0.05) is 0 Å². The maximum Gasteiger partial charge on any atom is 0.416 e. The summed E-state index contributed by atoms with van der Waals surface area (Å²) in [5.41, 5.74) is -0.348. The summed E-state index contributed by atoms with van der Waals surface area (Å²) in [7, 11) is 0. The van der Waals surface area contributed by atoms with Gasteiger partial charge in [0.2, 0.25) is 0 Å². The van der Waals surface area contributed by atoms with Gasteiger partial charge in [0.15, 0.2) is 5.16 Å². The van der Waals surface area contributed by atoms with Crippen LogP contribution in [0.2, 0.25) is 0 Å². The zero-order valence-electron chi connectivity index (χ0n) is 8.77. The summed E-state index contributed by atoms with van der Waals surface area (Å²) in [4.78, 5) is 3.94. The SMILES string of the molecule is CSc1ncnn1-c1cccc(C(F)(F)F)c1. The Morgan fingerprint density at radius 2 is 2.06 bits per heavy atom. The van der Waals surface area contributed by atoms with Crippen LogP contribution in [0, 0.1) is 0 Å². The summed E-state index contributed by atoms with van der Waals surface area (Å²) < 4.78 is 39.0. The lowest BCUT2D eigenvalue weighted by Crippen LogP contribution is -2.06. The molecule has 0 fully saturated rings. The Bertz CT molecular complexity index is 522. The topological polar surface area (TPSA) is 30.7 Å². The number of rotatable bonds is 2. The first-order valence-corrected chi connectivity index (χ1v) is 5.86. The number of alkyl halides is 3. The Balaban J connectivity index is 2.47. The molecule has 0 unspecified atom stereocenters. The number of benzene rings is 1. The fraction of sp³-hybridized carbons (Fsp3) is 0.200. The molecule has 0 saturated heterocycles. The smallest absolute Gasteiger partial charge is 0.209 e. The molecule has 2 aromatic rings. The van der Waals surface area contributed by atoms with E-state index < -0.39 is 11.7 Å². The molecule has 0 aliphatic carbocycles. The molecule has 0 aliphatic rings. The lowest BCUT2D eigenvalue weighted by Gasteiger charge is -2.09. The van der Waals surface area contributed by atoms with Gasteiger partial charge in [-0.15, -0.1) is 0 Å². The van der Waals surface area contributed by atoms with E-state index in [2.05, 4.69) is 10.1 Å².